The molecule has 2 heterocycles. The average Bonchev–Trinajstić information content (AvgIpc) is 2.95. The predicted octanol–water partition coefficient (Wildman–Crippen LogP) is 3.96. The van der Waals surface area contributed by atoms with Crippen LogP contribution in [-0.4, -0.2) is 86.6 Å². The van der Waals surface area contributed by atoms with Gasteiger partial charge in [-0.3, -0.25) is 4.79 Å². The van der Waals surface area contributed by atoms with Gasteiger partial charge in [-0.1, -0.05) is 23.7 Å². The number of carbonyl (C=O) groups excluding carboxylic acids is 1. The minimum absolute atomic E-state index is 0.0649. The number of likely N-dealkylation sites (N-methyl/N-ethyl adjacent to an activating group) is 1. The number of nitrogens with zero attached hydrogens (tertiary/aromatic N) is 6. The van der Waals surface area contributed by atoms with Gasteiger partial charge in [0.1, 0.15) is 17.1 Å². The van der Waals surface area contributed by atoms with Crippen LogP contribution in [0.4, 0.5) is 28.8 Å². The number of rotatable bonds is 10. The minimum Gasteiger partial charge on any atom is -0.494 e. The molecule has 218 valence electrons. The lowest BCUT2D eigenvalue weighted by molar-refractivity contribution is -0.131. The summed E-state index contributed by atoms with van der Waals surface area (Å²) in [6.07, 6.45) is 3.05. The first-order valence-electron chi connectivity index (χ1n) is 12.8. The molecular weight excluding hydrogens is 568 g/mol. The maximum atomic E-state index is 12.9. The van der Waals surface area contributed by atoms with Crippen molar-refractivity contribution in [3.8, 4) is 5.75 Å². The van der Waals surface area contributed by atoms with Gasteiger partial charge in [0, 0.05) is 18.3 Å². The number of benzene rings is 2. The molecule has 1 aliphatic heterocycles. The Bertz CT molecular complexity index is 1550. The first-order chi connectivity index (χ1) is 19.5. The summed E-state index contributed by atoms with van der Waals surface area (Å²) < 4.78 is 31.3. The van der Waals surface area contributed by atoms with Crippen LogP contribution in [0.2, 0.25) is 5.02 Å². The molecule has 0 radical (unpaired) electrons. The number of hydrogen-bond donors (Lipinski definition) is 2. The number of hydrazone groups is 1. The maximum absolute atomic E-state index is 12.9. The molecule has 0 fully saturated rings. The van der Waals surface area contributed by atoms with Gasteiger partial charge < -0.3 is 25.2 Å². The molecule has 3 aromatic rings. The third kappa shape index (κ3) is 7.04. The summed E-state index contributed by atoms with van der Waals surface area (Å²) in [5.74, 6) is 0.930. The van der Waals surface area contributed by atoms with Crippen molar-refractivity contribution in [2.75, 3.05) is 56.4 Å². The number of methoxy groups -OCH3 is 1. The fourth-order valence-corrected chi connectivity index (χ4v) is 5.32. The van der Waals surface area contributed by atoms with Crippen molar-refractivity contribution in [2.45, 2.75) is 24.0 Å². The van der Waals surface area contributed by atoms with Crippen LogP contribution in [-0.2, 0) is 14.6 Å². The summed E-state index contributed by atoms with van der Waals surface area (Å²) in [6.45, 7) is 4.58. The second-order valence-electron chi connectivity index (χ2n) is 9.79. The zero-order valence-electron chi connectivity index (χ0n) is 23.5. The molecule has 0 saturated heterocycles. The topological polar surface area (TPSA) is 132 Å². The van der Waals surface area contributed by atoms with Gasteiger partial charge in [-0.05, 0) is 52.2 Å². The zero-order chi connectivity index (χ0) is 29.7. The summed E-state index contributed by atoms with van der Waals surface area (Å²) in [7, 11) is 1.68. The third-order valence-electron chi connectivity index (χ3n) is 6.20. The number of carbonyl (C=O) groups is 1. The van der Waals surface area contributed by atoms with Crippen molar-refractivity contribution in [2.24, 2.45) is 5.10 Å². The van der Waals surface area contributed by atoms with Gasteiger partial charge in [-0.25, -0.2) is 18.4 Å². The Hall–Kier alpha value is -3.94. The van der Waals surface area contributed by atoms with Crippen LogP contribution in [0.3, 0.4) is 0 Å². The summed E-state index contributed by atoms with van der Waals surface area (Å²) in [4.78, 5) is 24.9. The fourth-order valence-electron chi connectivity index (χ4n) is 3.98. The van der Waals surface area contributed by atoms with E-state index in [1.165, 1.54) is 11.2 Å². The van der Waals surface area contributed by atoms with E-state index >= 15 is 0 Å². The number of hydrogen-bond acceptors (Lipinski definition) is 11. The van der Waals surface area contributed by atoms with Crippen LogP contribution in [0.15, 0.2) is 58.7 Å². The third-order valence-corrected chi connectivity index (χ3v) is 8.68. The van der Waals surface area contributed by atoms with Gasteiger partial charge in [0.05, 0.1) is 47.9 Å². The van der Waals surface area contributed by atoms with E-state index in [0.29, 0.717) is 36.8 Å². The Balaban J connectivity index is 1.53. The molecule has 0 atom stereocenters. The molecule has 0 spiro atoms. The van der Waals surface area contributed by atoms with E-state index in [1.54, 1.807) is 56.5 Å². The van der Waals surface area contributed by atoms with Gasteiger partial charge in [0.15, 0.2) is 15.7 Å². The number of ether oxygens (including phenoxy) is 1. The lowest BCUT2D eigenvalue weighted by atomic mass is 10.2. The van der Waals surface area contributed by atoms with Gasteiger partial charge in [0.25, 0.3) is 5.91 Å². The lowest BCUT2D eigenvalue weighted by Crippen LogP contribution is -2.43. The highest BCUT2D eigenvalue weighted by Crippen LogP contribution is 2.34. The Morgan fingerprint density at radius 2 is 1.88 bits per heavy atom. The Morgan fingerprint density at radius 1 is 1.12 bits per heavy atom. The molecule has 2 N–H and O–H groups in total. The van der Waals surface area contributed by atoms with E-state index in [0.717, 1.165) is 5.69 Å². The van der Waals surface area contributed by atoms with Crippen LogP contribution in [0.1, 0.15) is 13.8 Å². The van der Waals surface area contributed by atoms with Gasteiger partial charge in [0.2, 0.25) is 5.95 Å². The first-order valence-corrected chi connectivity index (χ1v) is 14.8. The first kappa shape index (κ1) is 30.0. The maximum Gasteiger partial charge on any atom is 0.256 e. The molecule has 0 aliphatic carbocycles. The monoisotopic (exact) mass is 600 g/mol. The second-order valence-corrected chi connectivity index (χ2v) is 12.7. The number of amides is 1. The average molecular weight is 601 g/mol. The molecule has 2 aromatic carbocycles. The van der Waals surface area contributed by atoms with Gasteiger partial charge >= 0.3 is 0 Å². The molecule has 1 amide bonds. The minimum atomic E-state index is -3.55. The van der Waals surface area contributed by atoms with Gasteiger partial charge in [-0.2, -0.15) is 10.1 Å². The molecule has 41 heavy (non-hydrogen) atoms. The normalized spacial score (nSPS) is 13.6. The highest BCUT2D eigenvalue weighted by atomic mass is 35.5. The largest absolute Gasteiger partial charge is 0.494 e. The quantitative estimate of drug-likeness (QED) is 0.352. The summed E-state index contributed by atoms with van der Waals surface area (Å²) in [5.41, 5.74) is 1.79. The van der Waals surface area contributed by atoms with Gasteiger partial charge in [-0.15, -0.1) is 0 Å². The van der Waals surface area contributed by atoms with E-state index in [9.17, 15) is 13.2 Å². The van der Waals surface area contributed by atoms with E-state index in [2.05, 4.69) is 25.7 Å². The molecule has 0 unspecified atom stereocenters. The fraction of sp³-hybridized carbons (Fsp3) is 0.333. The zero-order valence-corrected chi connectivity index (χ0v) is 25.1. The number of aromatic nitrogens is 2. The van der Waals surface area contributed by atoms with E-state index in [4.69, 9.17) is 16.3 Å². The van der Waals surface area contributed by atoms with Crippen LogP contribution in [0.5, 0.6) is 5.75 Å². The van der Waals surface area contributed by atoms with Crippen LogP contribution < -0.4 is 20.3 Å². The molecule has 14 heteroatoms. The van der Waals surface area contributed by atoms with Crippen molar-refractivity contribution in [3.05, 3.63) is 53.7 Å². The molecule has 12 nitrogen and oxygen atoms in total. The molecule has 1 aliphatic rings. The Kier molecular flexibility index (Phi) is 9.31. The van der Waals surface area contributed by atoms with Crippen molar-refractivity contribution >= 4 is 62.5 Å². The van der Waals surface area contributed by atoms with E-state index in [1.807, 2.05) is 37.2 Å². The molecule has 0 bridgehead atoms. The number of para-hydroxylation sites is 1. The smallest absolute Gasteiger partial charge is 0.256 e. The number of nitrogens with one attached hydrogen (secondary N) is 2. The number of sulfone groups is 1. The Morgan fingerprint density at radius 3 is 2.54 bits per heavy atom. The molecular formula is C27H33ClN8O4S. The highest BCUT2D eigenvalue weighted by Gasteiger charge is 2.23. The van der Waals surface area contributed by atoms with Crippen molar-refractivity contribution < 1.29 is 17.9 Å². The van der Waals surface area contributed by atoms with Crippen molar-refractivity contribution in [1.29, 1.82) is 0 Å². The second kappa shape index (κ2) is 12.7. The summed E-state index contributed by atoms with van der Waals surface area (Å²) >= 11 is 6.36. The number of halogens is 1. The van der Waals surface area contributed by atoms with Crippen LogP contribution >= 0.6 is 11.6 Å². The van der Waals surface area contributed by atoms with Crippen LogP contribution in [0, 0.1) is 0 Å². The van der Waals surface area contributed by atoms with Crippen molar-refractivity contribution in [1.82, 2.24) is 19.9 Å². The predicted molar refractivity (Wildman–Crippen MR) is 161 cm³/mol. The van der Waals surface area contributed by atoms with Crippen LogP contribution in [0.25, 0.3) is 0 Å². The summed E-state index contributed by atoms with van der Waals surface area (Å²) in [6, 6.07) is 12.1. The van der Waals surface area contributed by atoms with E-state index < -0.39 is 15.1 Å². The number of anilines is 5. The molecule has 1 aromatic heterocycles. The molecule has 4 rings (SSSR count). The standard InChI is InChI=1S/C27H33ClN8O4S/c1-18(2)41(38,39)24-9-7-6-8-22(24)31-26-20(28)15-29-27(33-26)32-21-11-10-19(14-23(21)40-5)35-12-13-36(30-17-35)25(37)16-34(3)4/h6-11,14-15,17-18H,12-13,16H2,1-5H3,(H2,29,31,32,33). The highest BCUT2D eigenvalue weighted by molar-refractivity contribution is 7.92. The van der Waals surface area contributed by atoms with Crippen molar-refractivity contribution in [3.63, 3.8) is 0 Å². The van der Waals surface area contributed by atoms with E-state index in [-0.39, 0.29) is 27.6 Å². The SMILES string of the molecule is COc1cc(N2C=NN(C(=O)CN(C)C)CC2)ccc1Nc1ncc(Cl)c(Nc2ccccc2S(=O)(=O)C(C)C)n1. The lowest BCUT2D eigenvalue weighted by Gasteiger charge is -2.29. The Labute approximate surface area is 244 Å². The molecule has 0 saturated carbocycles. The summed E-state index contributed by atoms with van der Waals surface area (Å²) in [5, 5.41) is 11.6.